The Labute approximate surface area is 228 Å². The number of carbonyl (C=O) groups is 3. The predicted molar refractivity (Wildman–Crippen MR) is 143 cm³/mol. The summed E-state index contributed by atoms with van der Waals surface area (Å²) in [5.41, 5.74) is 0.525. The zero-order chi connectivity index (χ0) is 28.2. The van der Waals surface area contributed by atoms with Crippen molar-refractivity contribution in [2.75, 3.05) is 33.4 Å². The summed E-state index contributed by atoms with van der Waals surface area (Å²) < 4.78 is 11.2. The number of hydrogen-bond donors (Lipinski definition) is 3. The molecule has 0 unspecified atom stereocenters. The van der Waals surface area contributed by atoms with Gasteiger partial charge in [-0.05, 0) is 50.3 Å². The Morgan fingerprint density at radius 3 is 2.64 bits per heavy atom. The number of piperidine rings is 1. The summed E-state index contributed by atoms with van der Waals surface area (Å²) >= 11 is 0. The summed E-state index contributed by atoms with van der Waals surface area (Å²) in [7, 11) is 1.52. The highest BCUT2D eigenvalue weighted by Gasteiger charge is 2.23. The number of allylic oxidation sites excluding steroid dienone is 1. The lowest BCUT2D eigenvalue weighted by molar-refractivity contribution is -0.137. The third-order valence-corrected chi connectivity index (χ3v) is 6.35. The Morgan fingerprint density at radius 1 is 1.13 bits per heavy atom. The van der Waals surface area contributed by atoms with Gasteiger partial charge < -0.3 is 34.7 Å². The first-order valence-corrected chi connectivity index (χ1v) is 13.1. The molecule has 1 aromatic rings. The average molecular weight is 544 g/mol. The number of phenols is 2. The Balaban J connectivity index is 1.87. The fraction of sp³-hybridized carbons (Fsp3) is 0.500. The largest absolute Gasteiger partial charge is 0.508 e. The van der Waals surface area contributed by atoms with Crippen molar-refractivity contribution < 1.29 is 38.9 Å². The smallest absolute Gasteiger partial charge is 0.342 e. The molecule has 1 fully saturated rings. The Morgan fingerprint density at radius 2 is 1.90 bits per heavy atom. The molecular formula is C28H37N3O8. The van der Waals surface area contributed by atoms with Gasteiger partial charge in [0.15, 0.2) is 6.61 Å². The molecule has 0 bridgehead atoms. The minimum absolute atomic E-state index is 0.00518. The maximum absolute atomic E-state index is 13.0. The molecule has 2 atom stereocenters. The number of ether oxygens (including phenoxy) is 2. The second-order valence-corrected chi connectivity index (χ2v) is 9.51. The van der Waals surface area contributed by atoms with Crippen LogP contribution in [0.1, 0.15) is 54.9 Å². The number of oxime groups is 1. The number of rotatable bonds is 6. The molecule has 0 saturated carbocycles. The highest BCUT2D eigenvalue weighted by molar-refractivity contribution is 6.00. The molecule has 11 nitrogen and oxygen atoms in total. The SMILES string of the molecule is CNC(=O)CO[C@@H]1/C=C/C[C@@H](C)OC(=O)c2c(O)cc(O)cc2CC(=N/OCC(=O)N2CCCCC2)/C=C/C1. The number of aromatic hydroxyl groups is 2. The van der Waals surface area contributed by atoms with E-state index in [0.717, 1.165) is 25.3 Å². The lowest BCUT2D eigenvalue weighted by Gasteiger charge is -2.26. The van der Waals surface area contributed by atoms with Crippen molar-refractivity contribution >= 4 is 23.5 Å². The number of hydrogen-bond acceptors (Lipinski definition) is 9. The van der Waals surface area contributed by atoms with Crippen molar-refractivity contribution in [3.63, 3.8) is 0 Å². The summed E-state index contributed by atoms with van der Waals surface area (Å²) in [6, 6.07) is 2.42. The van der Waals surface area contributed by atoms with Crippen LogP contribution in [0.4, 0.5) is 0 Å². The quantitative estimate of drug-likeness (QED) is 0.282. The second-order valence-electron chi connectivity index (χ2n) is 9.51. The molecule has 212 valence electrons. The van der Waals surface area contributed by atoms with Crippen LogP contribution in [-0.2, 0) is 30.3 Å². The van der Waals surface area contributed by atoms with Gasteiger partial charge in [0, 0.05) is 39.0 Å². The number of phenolic OH excluding ortho intramolecular Hbond substituents is 2. The molecule has 11 heteroatoms. The first kappa shape index (κ1) is 29.7. The first-order chi connectivity index (χ1) is 18.8. The van der Waals surface area contributed by atoms with Crippen LogP contribution in [0.25, 0.3) is 0 Å². The standard InChI is InChI=1S/C28H37N3O8/c1-19-8-6-10-23(37-17-25(34)29-2)11-7-9-21(30-38-18-26(35)31-12-4-3-5-13-31)14-20-15-22(32)16-24(33)27(20)28(36)39-19/h6-7,9-10,15-16,19,23,32-33H,3-5,8,11-14,17-18H2,1-2H3,(H,29,34)/b9-7+,10-6+,30-21+/t19-,23-/m1/s1. The molecule has 1 saturated heterocycles. The van der Waals surface area contributed by atoms with Crippen LogP contribution in [-0.4, -0.2) is 84.2 Å². The number of nitrogens with zero attached hydrogens (tertiary/aromatic N) is 2. The first-order valence-electron chi connectivity index (χ1n) is 13.1. The molecule has 2 amide bonds. The zero-order valence-electron chi connectivity index (χ0n) is 22.4. The number of benzene rings is 1. The van der Waals surface area contributed by atoms with Gasteiger partial charge in [-0.2, -0.15) is 0 Å². The van der Waals surface area contributed by atoms with E-state index in [2.05, 4.69) is 10.5 Å². The molecule has 3 rings (SSSR count). The second kappa shape index (κ2) is 14.9. The van der Waals surface area contributed by atoms with Gasteiger partial charge in [-0.15, -0.1) is 0 Å². The third kappa shape index (κ3) is 9.43. The van der Waals surface area contributed by atoms with Crippen molar-refractivity contribution in [3.8, 4) is 11.5 Å². The fourth-order valence-corrected chi connectivity index (χ4v) is 4.27. The van der Waals surface area contributed by atoms with Crippen LogP contribution >= 0.6 is 0 Å². The minimum atomic E-state index is -0.752. The molecule has 0 radical (unpaired) electrons. The lowest BCUT2D eigenvalue weighted by Crippen LogP contribution is -2.37. The minimum Gasteiger partial charge on any atom is -0.508 e. The summed E-state index contributed by atoms with van der Waals surface area (Å²) in [5.74, 6) is -1.83. The number of carbonyl (C=O) groups excluding carboxylic acids is 3. The van der Waals surface area contributed by atoms with Gasteiger partial charge in [0.05, 0.1) is 11.8 Å². The molecular weight excluding hydrogens is 506 g/mol. The number of likely N-dealkylation sites (N-methyl/N-ethyl adjacent to an activating group) is 1. The van der Waals surface area contributed by atoms with Crippen LogP contribution < -0.4 is 5.32 Å². The molecule has 2 heterocycles. The van der Waals surface area contributed by atoms with Crippen molar-refractivity contribution in [1.29, 1.82) is 0 Å². The molecule has 39 heavy (non-hydrogen) atoms. The molecule has 3 N–H and O–H groups in total. The van der Waals surface area contributed by atoms with E-state index >= 15 is 0 Å². The van der Waals surface area contributed by atoms with Crippen molar-refractivity contribution in [2.24, 2.45) is 5.16 Å². The predicted octanol–water partition coefficient (Wildman–Crippen LogP) is 2.61. The van der Waals surface area contributed by atoms with Crippen molar-refractivity contribution in [3.05, 3.63) is 47.6 Å². The molecule has 0 spiro atoms. The zero-order valence-corrected chi connectivity index (χ0v) is 22.4. The monoisotopic (exact) mass is 543 g/mol. The maximum Gasteiger partial charge on any atom is 0.342 e. The van der Waals surface area contributed by atoms with E-state index in [1.165, 1.54) is 13.1 Å². The van der Waals surface area contributed by atoms with Crippen LogP contribution in [0.2, 0.25) is 0 Å². The van der Waals surface area contributed by atoms with Gasteiger partial charge in [0.2, 0.25) is 5.91 Å². The number of esters is 1. The van der Waals surface area contributed by atoms with Crippen molar-refractivity contribution in [2.45, 2.75) is 57.7 Å². The van der Waals surface area contributed by atoms with Crippen LogP contribution in [0.15, 0.2) is 41.6 Å². The van der Waals surface area contributed by atoms with E-state index in [1.54, 1.807) is 36.1 Å². The Hall–Kier alpha value is -3.86. The number of nitrogens with one attached hydrogen (secondary N) is 1. The van der Waals surface area contributed by atoms with E-state index < -0.39 is 23.9 Å². The van der Waals surface area contributed by atoms with Gasteiger partial charge in [-0.3, -0.25) is 9.59 Å². The van der Waals surface area contributed by atoms with Gasteiger partial charge in [-0.25, -0.2) is 4.79 Å². The van der Waals surface area contributed by atoms with E-state index in [4.69, 9.17) is 14.3 Å². The van der Waals surface area contributed by atoms with Crippen molar-refractivity contribution in [1.82, 2.24) is 10.2 Å². The normalized spacial score (nSPS) is 23.2. The van der Waals surface area contributed by atoms with Gasteiger partial charge in [0.1, 0.15) is 29.8 Å². The Kier molecular flexibility index (Phi) is 11.4. The highest BCUT2D eigenvalue weighted by atomic mass is 16.6. The number of cyclic esters (lactones) is 1. The molecule has 0 aliphatic carbocycles. The van der Waals surface area contributed by atoms with Gasteiger partial charge >= 0.3 is 5.97 Å². The summed E-state index contributed by atoms with van der Waals surface area (Å²) in [6.07, 6.45) is 9.85. The van der Waals surface area contributed by atoms with Crippen LogP contribution in [0, 0.1) is 0 Å². The molecule has 2 aliphatic rings. The fourth-order valence-electron chi connectivity index (χ4n) is 4.27. The third-order valence-electron chi connectivity index (χ3n) is 6.35. The van der Waals surface area contributed by atoms with Crippen LogP contribution in [0.5, 0.6) is 11.5 Å². The van der Waals surface area contributed by atoms with Gasteiger partial charge in [-0.1, -0.05) is 23.4 Å². The maximum atomic E-state index is 13.0. The Bertz CT molecular complexity index is 1110. The highest BCUT2D eigenvalue weighted by Crippen LogP contribution is 2.29. The summed E-state index contributed by atoms with van der Waals surface area (Å²) in [5, 5.41) is 27.2. The number of amides is 2. The van der Waals surface area contributed by atoms with Gasteiger partial charge in [0.25, 0.3) is 5.91 Å². The molecule has 2 aliphatic heterocycles. The average Bonchev–Trinajstić information content (AvgIpc) is 2.90. The topological polar surface area (TPSA) is 147 Å². The van der Waals surface area contributed by atoms with E-state index in [-0.39, 0.29) is 48.3 Å². The number of likely N-dealkylation sites (tertiary alicyclic amines) is 1. The molecule has 1 aromatic carbocycles. The molecule has 0 aromatic heterocycles. The number of fused-ring (bicyclic) bond motifs is 1. The van der Waals surface area contributed by atoms with E-state index in [1.807, 2.05) is 0 Å². The van der Waals surface area contributed by atoms with E-state index in [0.29, 0.717) is 31.6 Å². The van der Waals surface area contributed by atoms with E-state index in [9.17, 15) is 24.6 Å². The van der Waals surface area contributed by atoms with Crippen LogP contribution in [0.3, 0.4) is 0 Å². The summed E-state index contributed by atoms with van der Waals surface area (Å²) in [6.45, 7) is 2.73. The summed E-state index contributed by atoms with van der Waals surface area (Å²) in [4.78, 5) is 44.3. The lowest BCUT2D eigenvalue weighted by atomic mass is 9.99.